The maximum atomic E-state index is 11.0. The number of fused-ring (bicyclic) bond motifs is 1. The summed E-state index contributed by atoms with van der Waals surface area (Å²) in [5.41, 5.74) is 2.95. The molecule has 0 spiro atoms. The van der Waals surface area contributed by atoms with Crippen LogP contribution < -0.4 is 4.74 Å². The van der Waals surface area contributed by atoms with Gasteiger partial charge in [0.25, 0.3) is 0 Å². The second-order valence-electron chi connectivity index (χ2n) is 5.86. The number of carbonyl (C=O) groups is 1. The zero-order valence-corrected chi connectivity index (χ0v) is 12.6. The molecule has 0 unspecified atom stereocenters. The van der Waals surface area contributed by atoms with Gasteiger partial charge < -0.3 is 9.84 Å². The Morgan fingerprint density at radius 3 is 2.67 bits per heavy atom. The normalized spacial score (nSPS) is 15.4. The van der Waals surface area contributed by atoms with Crippen molar-refractivity contribution in [2.75, 3.05) is 0 Å². The van der Waals surface area contributed by atoms with E-state index in [4.69, 9.17) is 21.4 Å². The Bertz CT molecular complexity index is 735. The lowest BCUT2D eigenvalue weighted by Gasteiger charge is -2.16. The first-order valence-corrected chi connectivity index (χ1v) is 7.09. The summed E-state index contributed by atoms with van der Waals surface area (Å²) in [4.78, 5) is 11.0. The number of rotatable bonds is 2. The average Bonchev–Trinajstić information content (AvgIpc) is 2.71. The second-order valence-corrected chi connectivity index (χ2v) is 6.27. The Hall–Kier alpha value is -2.00. The number of halogens is 1. The average molecular weight is 303 g/mol. The van der Waals surface area contributed by atoms with Crippen LogP contribution in [0.4, 0.5) is 0 Å². The van der Waals surface area contributed by atoms with Crippen molar-refractivity contribution in [1.29, 1.82) is 0 Å². The van der Waals surface area contributed by atoms with E-state index < -0.39 is 5.97 Å². The molecule has 2 aromatic rings. The molecule has 21 heavy (non-hydrogen) atoms. The molecule has 0 saturated heterocycles. The van der Waals surface area contributed by atoms with Gasteiger partial charge in [0, 0.05) is 17.0 Å². The van der Waals surface area contributed by atoms with Gasteiger partial charge in [0.2, 0.25) is 0 Å². The van der Waals surface area contributed by atoms with Crippen LogP contribution >= 0.6 is 11.6 Å². The fourth-order valence-corrected chi connectivity index (χ4v) is 2.95. The van der Waals surface area contributed by atoms with E-state index in [1.807, 2.05) is 12.1 Å². The smallest absolute Gasteiger partial charge is 0.335 e. The van der Waals surface area contributed by atoms with E-state index in [0.29, 0.717) is 5.02 Å². The number of ether oxygens (including phenoxy) is 1. The molecule has 0 radical (unpaired) electrons. The highest BCUT2D eigenvalue weighted by Gasteiger charge is 2.30. The van der Waals surface area contributed by atoms with Crippen molar-refractivity contribution in [3.63, 3.8) is 0 Å². The van der Waals surface area contributed by atoms with Gasteiger partial charge in [-0.3, -0.25) is 0 Å². The van der Waals surface area contributed by atoms with Crippen LogP contribution in [-0.2, 0) is 6.42 Å². The molecule has 1 N–H and O–H groups in total. The van der Waals surface area contributed by atoms with Gasteiger partial charge in [-0.25, -0.2) is 4.79 Å². The van der Waals surface area contributed by atoms with Crippen molar-refractivity contribution in [2.45, 2.75) is 25.9 Å². The van der Waals surface area contributed by atoms with E-state index >= 15 is 0 Å². The molecular weight excluding hydrogens is 288 g/mol. The molecule has 1 heterocycles. The minimum absolute atomic E-state index is 0.183. The van der Waals surface area contributed by atoms with Crippen LogP contribution in [0.2, 0.25) is 5.02 Å². The molecule has 0 bridgehead atoms. The van der Waals surface area contributed by atoms with E-state index in [2.05, 4.69) is 19.9 Å². The van der Waals surface area contributed by atoms with Gasteiger partial charge >= 0.3 is 5.97 Å². The molecule has 108 valence electrons. The topological polar surface area (TPSA) is 46.5 Å². The van der Waals surface area contributed by atoms with Gasteiger partial charge in [0.1, 0.15) is 11.4 Å². The molecule has 1 aliphatic heterocycles. The van der Waals surface area contributed by atoms with Crippen LogP contribution in [0.15, 0.2) is 36.4 Å². The minimum atomic E-state index is -0.979. The summed E-state index contributed by atoms with van der Waals surface area (Å²) in [6.45, 7) is 4.11. The summed E-state index contributed by atoms with van der Waals surface area (Å²) in [6, 6.07) is 10.7. The molecular formula is C17H15ClO3. The minimum Gasteiger partial charge on any atom is -0.487 e. The van der Waals surface area contributed by atoms with E-state index in [1.165, 1.54) is 6.07 Å². The summed E-state index contributed by atoms with van der Waals surface area (Å²) in [7, 11) is 0. The zero-order chi connectivity index (χ0) is 15.2. The van der Waals surface area contributed by atoms with Crippen molar-refractivity contribution >= 4 is 17.6 Å². The Labute approximate surface area is 128 Å². The molecule has 4 heteroatoms. The van der Waals surface area contributed by atoms with Gasteiger partial charge in [0.05, 0.1) is 5.56 Å². The fourth-order valence-electron chi connectivity index (χ4n) is 2.66. The monoisotopic (exact) mass is 302 g/mol. The number of benzene rings is 2. The van der Waals surface area contributed by atoms with E-state index in [1.54, 1.807) is 12.1 Å². The molecule has 3 nitrogen and oxygen atoms in total. The molecule has 0 saturated carbocycles. The predicted octanol–water partition coefficient (Wildman–Crippen LogP) is 4.42. The standard InChI is InChI=1S/C17H15ClO3/c1-17(2)9-12-7-10(4-6-15(12)21-17)13-5-3-11(16(19)20)8-14(13)18/h3-8H,9H2,1-2H3,(H,19,20). The van der Waals surface area contributed by atoms with E-state index in [0.717, 1.165) is 28.9 Å². The molecule has 2 aromatic carbocycles. The molecule has 0 amide bonds. The Balaban J connectivity index is 2.01. The van der Waals surface area contributed by atoms with Crippen LogP contribution in [0.3, 0.4) is 0 Å². The van der Waals surface area contributed by atoms with Gasteiger partial charge in [-0.15, -0.1) is 0 Å². The SMILES string of the molecule is CC1(C)Cc2cc(-c3ccc(C(=O)O)cc3Cl)ccc2O1. The van der Waals surface area contributed by atoms with Crippen molar-refractivity contribution in [3.8, 4) is 16.9 Å². The van der Waals surface area contributed by atoms with Crippen LogP contribution in [0.25, 0.3) is 11.1 Å². The second kappa shape index (κ2) is 4.78. The van der Waals surface area contributed by atoms with Gasteiger partial charge in [0.15, 0.2) is 0 Å². The summed E-state index contributed by atoms with van der Waals surface area (Å²) in [5.74, 6) is -0.0745. The first-order valence-electron chi connectivity index (χ1n) is 6.71. The summed E-state index contributed by atoms with van der Waals surface area (Å²) in [5, 5.41) is 9.42. The third-order valence-electron chi connectivity index (χ3n) is 3.59. The molecule has 0 fully saturated rings. The third-order valence-corrected chi connectivity index (χ3v) is 3.90. The number of carboxylic acid groups (broad SMARTS) is 1. The van der Waals surface area contributed by atoms with E-state index in [9.17, 15) is 4.79 Å². The van der Waals surface area contributed by atoms with Crippen LogP contribution in [0.5, 0.6) is 5.75 Å². The van der Waals surface area contributed by atoms with Crippen molar-refractivity contribution in [3.05, 3.63) is 52.5 Å². The molecule has 0 aromatic heterocycles. The largest absolute Gasteiger partial charge is 0.487 e. The van der Waals surface area contributed by atoms with Crippen LogP contribution in [-0.4, -0.2) is 16.7 Å². The Kier molecular flexibility index (Phi) is 3.18. The quantitative estimate of drug-likeness (QED) is 0.893. The molecule has 0 atom stereocenters. The zero-order valence-electron chi connectivity index (χ0n) is 11.8. The highest BCUT2D eigenvalue weighted by molar-refractivity contribution is 6.33. The van der Waals surface area contributed by atoms with Gasteiger partial charge in [-0.1, -0.05) is 23.7 Å². The maximum Gasteiger partial charge on any atom is 0.335 e. The van der Waals surface area contributed by atoms with Crippen molar-refractivity contribution < 1.29 is 14.6 Å². The van der Waals surface area contributed by atoms with Crippen molar-refractivity contribution in [2.24, 2.45) is 0 Å². The summed E-state index contributed by atoms with van der Waals surface area (Å²) < 4.78 is 5.86. The Morgan fingerprint density at radius 2 is 2.00 bits per heavy atom. The first-order chi connectivity index (χ1) is 9.85. The molecule has 0 aliphatic carbocycles. The first kappa shape index (κ1) is 14.0. The van der Waals surface area contributed by atoms with Crippen molar-refractivity contribution in [1.82, 2.24) is 0 Å². The maximum absolute atomic E-state index is 11.0. The lowest BCUT2D eigenvalue weighted by atomic mass is 9.97. The molecule has 1 aliphatic rings. The van der Waals surface area contributed by atoms with Crippen LogP contribution in [0.1, 0.15) is 29.8 Å². The van der Waals surface area contributed by atoms with Gasteiger partial charge in [-0.05, 0) is 49.2 Å². The number of hydrogen-bond acceptors (Lipinski definition) is 2. The third kappa shape index (κ3) is 2.61. The summed E-state index contributed by atoms with van der Waals surface area (Å²) >= 11 is 6.22. The lowest BCUT2D eigenvalue weighted by Crippen LogP contribution is -2.24. The highest BCUT2D eigenvalue weighted by Crippen LogP contribution is 2.38. The van der Waals surface area contributed by atoms with E-state index in [-0.39, 0.29) is 11.2 Å². The summed E-state index contributed by atoms with van der Waals surface area (Å²) in [6.07, 6.45) is 0.848. The number of carboxylic acids is 1. The highest BCUT2D eigenvalue weighted by atomic mass is 35.5. The van der Waals surface area contributed by atoms with Gasteiger partial charge in [-0.2, -0.15) is 0 Å². The van der Waals surface area contributed by atoms with Crippen LogP contribution in [0, 0.1) is 0 Å². The number of hydrogen-bond donors (Lipinski definition) is 1. The number of aromatic carboxylic acids is 1. The molecule has 3 rings (SSSR count). The Morgan fingerprint density at radius 1 is 1.24 bits per heavy atom. The fraction of sp³-hybridized carbons (Fsp3) is 0.235. The predicted molar refractivity (Wildman–Crippen MR) is 82.3 cm³/mol. The lowest BCUT2D eigenvalue weighted by molar-refractivity contribution is 0.0697.